The van der Waals surface area contributed by atoms with Crippen molar-refractivity contribution in [3.63, 3.8) is 0 Å². The van der Waals surface area contributed by atoms with E-state index in [1.54, 1.807) is 18.2 Å². The Labute approximate surface area is 134 Å². The third kappa shape index (κ3) is 3.68. The van der Waals surface area contributed by atoms with Crippen LogP contribution in [0.5, 0.6) is 11.5 Å². The molecule has 7 heteroatoms. The minimum atomic E-state index is -0.274. The van der Waals surface area contributed by atoms with Crippen molar-refractivity contribution >= 4 is 17.5 Å². The van der Waals surface area contributed by atoms with Crippen LogP contribution in [0.15, 0.2) is 30.6 Å². The molecule has 2 heterocycles. The highest BCUT2D eigenvalue weighted by Crippen LogP contribution is 2.34. The SMILES string of the molecule is CCCCNc1ncc(C(=O)Nc2ccc3c(c2)OCO3)cn1. The van der Waals surface area contributed by atoms with Gasteiger partial charge in [0.25, 0.3) is 5.91 Å². The molecule has 2 aromatic rings. The molecule has 0 aliphatic carbocycles. The first-order valence-electron chi connectivity index (χ1n) is 7.53. The molecule has 1 aromatic heterocycles. The minimum Gasteiger partial charge on any atom is -0.454 e. The molecule has 23 heavy (non-hydrogen) atoms. The highest BCUT2D eigenvalue weighted by atomic mass is 16.7. The van der Waals surface area contributed by atoms with Crippen LogP contribution in [-0.2, 0) is 0 Å². The van der Waals surface area contributed by atoms with E-state index in [0.717, 1.165) is 19.4 Å². The lowest BCUT2D eigenvalue weighted by molar-refractivity contribution is 0.102. The standard InChI is InChI=1S/C16H18N4O3/c1-2-3-6-17-16-18-8-11(9-19-16)15(21)20-12-4-5-13-14(7-12)23-10-22-13/h4-5,7-9H,2-3,6,10H2,1H3,(H,20,21)(H,17,18,19). The van der Waals surface area contributed by atoms with E-state index in [9.17, 15) is 4.79 Å². The van der Waals surface area contributed by atoms with E-state index in [1.165, 1.54) is 12.4 Å². The van der Waals surface area contributed by atoms with E-state index >= 15 is 0 Å². The van der Waals surface area contributed by atoms with Gasteiger partial charge in [0.15, 0.2) is 11.5 Å². The second-order valence-electron chi connectivity index (χ2n) is 5.10. The molecular formula is C16H18N4O3. The summed E-state index contributed by atoms with van der Waals surface area (Å²) < 4.78 is 10.5. The van der Waals surface area contributed by atoms with Crippen LogP contribution in [-0.4, -0.2) is 29.2 Å². The first kappa shape index (κ1) is 15.1. The van der Waals surface area contributed by atoms with Crippen molar-refractivity contribution in [2.75, 3.05) is 24.0 Å². The number of aromatic nitrogens is 2. The Hall–Kier alpha value is -2.83. The number of unbranched alkanes of at least 4 members (excludes halogenated alkanes) is 1. The predicted octanol–water partition coefficient (Wildman–Crippen LogP) is 2.67. The van der Waals surface area contributed by atoms with Crippen molar-refractivity contribution in [1.29, 1.82) is 0 Å². The topological polar surface area (TPSA) is 85.4 Å². The van der Waals surface area contributed by atoms with Crippen LogP contribution in [0.2, 0.25) is 0 Å². The molecule has 0 unspecified atom stereocenters. The molecule has 1 aliphatic heterocycles. The number of benzene rings is 1. The second kappa shape index (κ2) is 6.95. The number of ether oxygens (including phenoxy) is 2. The number of fused-ring (bicyclic) bond motifs is 1. The molecular weight excluding hydrogens is 296 g/mol. The van der Waals surface area contributed by atoms with Crippen molar-refractivity contribution in [2.45, 2.75) is 19.8 Å². The number of anilines is 2. The first-order chi connectivity index (χ1) is 11.3. The van der Waals surface area contributed by atoms with Gasteiger partial charge in [-0.1, -0.05) is 13.3 Å². The maximum atomic E-state index is 12.2. The summed E-state index contributed by atoms with van der Waals surface area (Å²) in [5.74, 6) is 1.55. The van der Waals surface area contributed by atoms with E-state index in [0.29, 0.717) is 28.7 Å². The summed E-state index contributed by atoms with van der Waals surface area (Å²) in [7, 11) is 0. The van der Waals surface area contributed by atoms with Crippen molar-refractivity contribution in [2.24, 2.45) is 0 Å². The normalized spacial score (nSPS) is 12.0. The van der Waals surface area contributed by atoms with E-state index in [2.05, 4.69) is 27.5 Å². The molecule has 2 N–H and O–H groups in total. The fraction of sp³-hybridized carbons (Fsp3) is 0.312. The molecule has 7 nitrogen and oxygen atoms in total. The van der Waals surface area contributed by atoms with Gasteiger partial charge in [-0.2, -0.15) is 0 Å². The van der Waals surface area contributed by atoms with Gasteiger partial charge in [-0.25, -0.2) is 9.97 Å². The summed E-state index contributed by atoms with van der Waals surface area (Å²) in [6.45, 7) is 3.14. The largest absolute Gasteiger partial charge is 0.454 e. The molecule has 1 aromatic carbocycles. The molecule has 0 bridgehead atoms. The summed E-state index contributed by atoms with van der Waals surface area (Å²) >= 11 is 0. The van der Waals surface area contributed by atoms with E-state index in [1.807, 2.05) is 0 Å². The fourth-order valence-electron chi connectivity index (χ4n) is 2.09. The molecule has 1 aliphatic rings. The maximum Gasteiger partial charge on any atom is 0.258 e. The quantitative estimate of drug-likeness (QED) is 0.797. The molecule has 0 fully saturated rings. The molecule has 0 spiro atoms. The average Bonchev–Trinajstić information content (AvgIpc) is 3.03. The van der Waals surface area contributed by atoms with Crippen molar-refractivity contribution in [3.05, 3.63) is 36.2 Å². The monoisotopic (exact) mass is 314 g/mol. The highest BCUT2D eigenvalue weighted by Gasteiger charge is 2.15. The second-order valence-corrected chi connectivity index (χ2v) is 5.10. The van der Waals surface area contributed by atoms with E-state index < -0.39 is 0 Å². The zero-order valence-electron chi connectivity index (χ0n) is 12.8. The van der Waals surface area contributed by atoms with Crippen LogP contribution in [0.3, 0.4) is 0 Å². The Morgan fingerprint density at radius 2 is 2.00 bits per heavy atom. The summed E-state index contributed by atoms with van der Waals surface area (Å²) in [6, 6.07) is 5.24. The number of carbonyl (C=O) groups excluding carboxylic acids is 1. The molecule has 1 amide bonds. The molecule has 0 atom stereocenters. The summed E-state index contributed by atoms with van der Waals surface area (Å²) in [5.41, 5.74) is 1.02. The third-order valence-electron chi connectivity index (χ3n) is 3.36. The smallest absolute Gasteiger partial charge is 0.258 e. The van der Waals surface area contributed by atoms with Gasteiger partial charge in [-0.05, 0) is 18.6 Å². The van der Waals surface area contributed by atoms with Crippen molar-refractivity contribution < 1.29 is 14.3 Å². The zero-order chi connectivity index (χ0) is 16.1. The van der Waals surface area contributed by atoms with Gasteiger partial charge >= 0.3 is 0 Å². The predicted molar refractivity (Wildman–Crippen MR) is 85.9 cm³/mol. The Morgan fingerprint density at radius 3 is 2.78 bits per heavy atom. The van der Waals surface area contributed by atoms with Crippen LogP contribution in [0.4, 0.5) is 11.6 Å². The average molecular weight is 314 g/mol. The molecule has 0 radical (unpaired) electrons. The molecule has 3 rings (SSSR count). The van der Waals surface area contributed by atoms with Crippen LogP contribution in [0.1, 0.15) is 30.1 Å². The van der Waals surface area contributed by atoms with Gasteiger partial charge in [0.2, 0.25) is 12.7 Å². The van der Waals surface area contributed by atoms with E-state index in [4.69, 9.17) is 9.47 Å². The summed E-state index contributed by atoms with van der Waals surface area (Å²) in [5, 5.41) is 5.89. The lowest BCUT2D eigenvalue weighted by Crippen LogP contribution is -2.13. The van der Waals surface area contributed by atoms with Gasteiger partial charge in [-0.3, -0.25) is 4.79 Å². The molecule has 0 saturated carbocycles. The van der Waals surface area contributed by atoms with Crippen LogP contribution in [0, 0.1) is 0 Å². The van der Waals surface area contributed by atoms with Gasteiger partial charge in [0, 0.05) is 30.7 Å². The van der Waals surface area contributed by atoms with Gasteiger partial charge in [-0.15, -0.1) is 0 Å². The number of hydrogen-bond acceptors (Lipinski definition) is 6. The van der Waals surface area contributed by atoms with Gasteiger partial charge in [0.1, 0.15) is 0 Å². The van der Waals surface area contributed by atoms with Gasteiger partial charge < -0.3 is 20.1 Å². The van der Waals surface area contributed by atoms with E-state index in [-0.39, 0.29) is 12.7 Å². The van der Waals surface area contributed by atoms with Crippen molar-refractivity contribution in [3.8, 4) is 11.5 Å². The summed E-state index contributed by atoms with van der Waals surface area (Å²) in [6.07, 6.45) is 5.16. The Kier molecular flexibility index (Phi) is 4.56. The summed E-state index contributed by atoms with van der Waals surface area (Å²) in [4.78, 5) is 20.5. The van der Waals surface area contributed by atoms with Gasteiger partial charge in [0.05, 0.1) is 5.56 Å². The number of nitrogens with one attached hydrogen (secondary N) is 2. The Morgan fingerprint density at radius 1 is 1.22 bits per heavy atom. The zero-order valence-corrected chi connectivity index (χ0v) is 12.8. The Balaban J connectivity index is 1.61. The van der Waals surface area contributed by atoms with Crippen molar-refractivity contribution in [1.82, 2.24) is 9.97 Å². The maximum absolute atomic E-state index is 12.2. The molecule has 0 saturated heterocycles. The molecule has 120 valence electrons. The third-order valence-corrected chi connectivity index (χ3v) is 3.36. The number of amides is 1. The minimum absolute atomic E-state index is 0.201. The fourth-order valence-corrected chi connectivity index (χ4v) is 2.09. The number of nitrogens with zero attached hydrogens (tertiary/aromatic N) is 2. The highest BCUT2D eigenvalue weighted by molar-refractivity contribution is 6.04. The number of carbonyl (C=O) groups is 1. The van der Waals surface area contributed by atoms with Crippen LogP contribution < -0.4 is 20.1 Å². The number of rotatable bonds is 6. The number of hydrogen-bond donors (Lipinski definition) is 2. The first-order valence-corrected chi connectivity index (χ1v) is 7.53. The van der Waals surface area contributed by atoms with Crippen LogP contribution >= 0.6 is 0 Å². The van der Waals surface area contributed by atoms with Crippen LogP contribution in [0.25, 0.3) is 0 Å². The lowest BCUT2D eigenvalue weighted by Gasteiger charge is -2.07. The lowest BCUT2D eigenvalue weighted by atomic mass is 10.2. The Bertz CT molecular complexity index is 688.